The van der Waals surface area contributed by atoms with Crippen LogP contribution in [0.3, 0.4) is 0 Å². The fraction of sp³-hybridized carbons (Fsp3) is 0.133. The number of rotatable bonds is 4. The molecule has 0 amide bonds. The molecule has 102 valence electrons. The van der Waals surface area contributed by atoms with Crippen molar-refractivity contribution >= 4 is 15.9 Å². The SMILES string of the molecule is N#Cc1cc(COc2c(Br)cccc2CN)ccc1F. The van der Waals surface area contributed by atoms with Gasteiger partial charge in [-0.15, -0.1) is 0 Å². The third kappa shape index (κ3) is 3.16. The molecule has 0 saturated carbocycles. The molecular weight excluding hydrogens is 323 g/mol. The molecule has 20 heavy (non-hydrogen) atoms. The van der Waals surface area contributed by atoms with Gasteiger partial charge in [-0.1, -0.05) is 18.2 Å². The van der Waals surface area contributed by atoms with Gasteiger partial charge in [0.15, 0.2) is 0 Å². The van der Waals surface area contributed by atoms with E-state index in [2.05, 4.69) is 15.9 Å². The van der Waals surface area contributed by atoms with E-state index in [1.807, 2.05) is 24.3 Å². The number of hydrogen-bond donors (Lipinski definition) is 1. The number of nitrogens with two attached hydrogens (primary N) is 1. The maximum atomic E-state index is 13.2. The summed E-state index contributed by atoms with van der Waals surface area (Å²) in [6, 6.07) is 11.8. The van der Waals surface area contributed by atoms with E-state index in [1.54, 1.807) is 6.07 Å². The Labute approximate surface area is 124 Å². The highest BCUT2D eigenvalue weighted by Crippen LogP contribution is 2.29. The molecule has 2 rings (SSSR count). The Morgan fingerprint density at radius 1 is 1.30 bits per heavy atom. The lowest BCUT2D eigenvalue weighted by Crippen LogP contribution is -2.03. The van der Waals surface area contributed by atoms with Gasteiger partial charge in [0.2, 0.25) is 0 Å². The molecule has 0 saturated heterocycles. The quantitative estimate of drug-likeness (QED) is 0.930. The Balaban J connectivity index is 2.19. The van der Waals surface area contributed by atoms with Crippen LogP contribution < -0.4 is 10.5 Å². The van der Waals surface area contributed by atoms with Crippen LogP contribution in [0.5, 0.6) is 5.75 Å². The van der Waals surface area contributed by atoms with Gasteiger partial charge in [0, 0.05) is 12.1 Å². The third-order valence-corrected chi connectivity index (χ3v) is 3.43. The molecule has 0 spiro atoms. The second-order valence-electron chi connectivity index (χ2n) is 4.15. The molecule has 2 aromatic carbocycles. The Morgan fingerprint density at radius 2 is 2.10 bits per heavy atom. The Bertz CT molecular complexity index is 667. The molecule has 0 aromatic heterocycles. The Kier molecular flexibility index (Phi) is 4.72. The molecule has 0 aliphatic rings. The van der Waals surface area contributed by atoms with Crippen molar-refractivity contribution in [2.75, 3.05) is 0 Å². The molecule has 3 nitrogen and oxygen atoms in total. The van der Waals surface area contributed by atoms with Crippen LogP contribution in [0.1, 0.15) is 16.7 Å². The Morgan fingerprint density at radius 3 is 2.80 bits per heavy atom. The number of benzene rings is 2. The predicted octanol–water partition coefficient (Wildman–Crippen LogP) is 3.50. The van der Waals surface area contributed by atoms with Crippen LogP contribution in [0.15, 0.2) is 40.9 Å². The van der Waals surface area contributed by atoms with Crippen molar-refractivity contribution in [3.05, 3.63) is 63.4 Å². The van der Waals surface area contributed by atoms with E-state index in [9.17, 15) is 4.39 Å². The smallest absolute Gasteiger partial charge is 0.140 e. The zero-order chi connectivity index (χ0) is 14.5. The summed E-state index contributed by atoms with van der Waals surface area (Å²) in [4.78, 5) is 0. The molecule has 2 N–H and O–H groups in total. The maximum absolute atomic E-state index is 13.2. The topological polar surface area (TPSA) is 59.0 Å². The minimum Gasteiger partial charge on any atom is -0.487 e. The molecule has 0 heterocycles. The molecule has 0 aliphatic heterocycles. The van der Waals surface area contributed by atoms with Crippen LogP contribution in [0.2, 0.25) is 0 Å². The summed E-state index contributed by atoms with van der Waals surface area (Å²) in [6.07, 6.45) is 0. The summed E-state index contributed by atoms with van der Waals surface area (Å²) in [6.45, 7) is 0.603. The van der Waals surface area contributed by atoms with Crippen LogP contribution in [0, 0.1) is 17.1 Å². The van der Waals surface area contributed by atoms with Crippen molar-refractivity contribution in [3.8, 4) is 11.8 Å². The number of hydrogen-bond acceptors (Lipinski definition) is 3. The highest BCUT2D eigenvalue weighted by atomic mass is 79.9. The van der Waals surface area contributed by atoms with Gasteiger partial charge < -0.3 is 10.5 Å². The van der Waals surface area contributed by atoms with Gasteiger partial charge in [0.05, 0.1) is 10.0 Å². The molecule has 0 bridgehead atoms. The first-order valence-corrected chi connectivity index (χ1v) is 6.73. The zero-order valence-electron chi connectivity index (χ0n) is 10.6. The standard InChI is InChI=1S/C15H12BrFN2O/c16-13-3-1-2-11(7-18)15(13)20-9-10-4-5-14(17)12(6-10)8-19/h1-6H,7,9,18H2. The second kappa shape index (κ2) is 6.51. The number of halogens is 2. The normalized spacial score (nSPS) is 10.1. The molecule has 5 heteroatoms. The average Bonchev–Trinajstić information content (AvgIpc) is 2.47. The zero-order valence-corrected chi connectivity index (χ0v) is 12.2. The molecular formula is C15H12BrFN2O. The van der Waals surface area contributed by atoms with E-state index >= 15 is 0 Å². The fourth-order valence-corrected chi connectivity index (χ4v) is 2.30. The summed E-state index contributed by atoms with van der Waals surface area (Å²) in [5.74, 6) is 0.137. The van der Waals surface area contributed by atoms with E-state index in [4.69, 9.17) is 15.7 Å². The average molecular weight is 335 g/mol. The van der Waals surface area contributed by atoms with Gasteiger partial charge >= 0.3 is 0 Å². The van der Waals surface area contributed by atoms with Gasteiger partial charge in [-0.25, -0.2) is 4.39 Å². The van der Waals surface area contributed by atoms with E-state index in [0.29, 0.717) is 12.3 Å². The van der Waals surface area contributed by atoms with Crippen molar-refractivity contribution < 1.29 is 9.13 Å². The number of nitriles is 1. The van der Waals surface area contributed by atoms with Crippen molar-refractivity contribution in [3.63, 3.8) is 0 Å². The highest BCUT2D eigenvalue weighted by molar-refractivity contribution is 9.10. The largest absolute Gasteiger partial charge is 0.487 e. The third-order valence-electron chi connectivity index (χ3n) is 2.80. The first-order valence-electron chi connectivity index (χ1n) is 5.94. The van der Waals surface area contributed by atoms with Gasteiger partial charge in [0.1, 0.15) is 24.2 Å². The summed E-state index contributed by atoms with van der Waals surface area (Å²) in [5, 5.41) is 8.80. The van der Waals surface area contributed by atoms with Gasteiger partial charge in [-0.05, 0) is 39.7 Å². The van der Waals surface area contributed by atoms with Crippen molar-refractivity contribution in [1.82, 2.24) is 0 Å². The molecule has 0 unspecified atom stereocenters. The number of nitrogens with zero attached hydrogens (tertiary/aromatic N) is 1. The number of ether oxygens (including phenoxy) is 1. The van der Waals surface area contributed by atoms with E-state index in [-0.39, 0.29) is 12.2 Å². The van der Waals surface area contributed by atoms with Crippen LogP contribution in [0.4, 0.5) is 4.39 Å². The Hall–Kier alpha value is -1.90. The van der Waals surface area contributed by atoms with Crippen LogP contribution in [0.25, 0.3) is 0 Å². The summed E-state index contributed by atoms with van der Waals surface area (Å²) in [5.41, 5.74) is 7.27. The van der Waals surface area contributed by atoms with E-state index in [0.717, 1.165) is 15.6 Å². The highest BCUT2D eigenvalue weighted by Gasteiger charge is 2.08. The summed E-state index contributed by atoms with van der Waals surface area (Å²) < 4.78 is 19.8. The summed E-state index contributed by atoms with van der Waals surface area (Å²) >= 11 is 3.41. The molecule has 0 fully saturated rings. The van der Waals surface area contributed by atoms with Crippen LogP contribution >= 0.6 is 15.9 Å². The first kappa shape index (κ1) is 14.5. The number of para-hydroxylation sites is 1. The molecule has 0 atom stereocenters. The second-order valence-corrected chi connectivity index (χ2v) is 5.00. The lowest BCUT2D eigenvalue weighted by Gasteiger charge is -2.12. The lowest BCUT2D eigenvalue weighted by atomic mass is 10.1. The van der Waals surface area contributed by atoms with E-state index < -0.39 is 5.82 Å². The first-order chi connectivity index (χ1) is 9.65. The van der Waals surface area contributed by atoms with Gasteiger partial charge in [0.25, 0.3) is 0 Å². The van der Waals surface area contributed by atoms with Crippen LogP contribution in [-0.4, -0.2) is 0 Å². The maximum Gasteiger partial charge on any atom is 0.140 e. The van der Waals surface area contributed by atoms with E-state index in [1.165, 1.54) is 12.1 Å². The van der Waals surface area contributed by atoms with Crippen molar-refractivity contribution in [2.45, 2.75) is 13.2 Å². The minimum absolute atomic E-state index is 0.0114. The summed E-state index contributed by atoms with van der Waals surface area (Å²) in [7, 11) is 0. The fourth-order valence-electron chi connectivity index (χ4n) is 1.78. The van der Waals surface area contributed by atoms with Crippen molar-refractivity contribution in [1.29, 1.82) is 5.26 Å². The van der Waals surface area contributed by atoms with Gasteiger partial charge in [-0.2, -0.15) is 5.26 Å². The predicted molar refractivity (Wildman–Crippen MR) is 77.5 cm³/mol. The molecule has 0 aliphatic carbocycles. The minimum atomic E-state index is -0.528. The molecule has 2 aromatic rings. The lowest BCUT2D eigenvalue weighted by molar-refractivity contribution is 0.301. The van der Waals surface area contributed by atoms with Crippen molar-refractivity contribution in [2.24, 2.45) is 5.73 Å². The monoisotopic (exact) mass is 334 g/mol. The van der Waals surface area contributed by atoms with Gasteiger partial charge in [-0.3, -0.25) is 0 Å². The van der Waals surface area contributed by atoms with Crippen LogP contribution in [-0.2, 0) is 13.2 Å². The molecule has 0 radical (unpaired) electrons.